The summed E-state index contributed by atoms with van der Waals surface area (Å²) in [6.45, 7) is 4.47. The van der Waals surface area contributed by atoms with Crippen molar-refractivity contribution < 1.29 is 14.7 Å². The molecule has 3 rings (SSSR count). The van der Waals surface area contributed by atoms with Gasteiger partial charge in [-0.25, -0.2) is 4.79 Å². The summed E-state index contributed by atoms with van der Waals surface area (Å²) in [4.78, 5) is 25.3. The monoisotopic (exact) mass is 331 g/mol. The van der Waals surface area contributed by atoms with Crippen LogP contribution in [-0.2, 0) is 16.8 Å². The molecule has 0 spiro atoms. The summed E-state index contributed by atoms with van der Waals surface area (Å²) < 4.78 is 0. The van der Waals surface area contributed by atoms with Crippen molar-refractivity contribution in [2.45, 2.75) is 44.2 Å². The molecule has 2 aliphatic rings. The van der Waals surface area contributed by atoms with Gasteiger partial charge in [0, 0.05) is 6.54 Å². The van der Waals surface area contributed by atoms with Crippen LogP contribution in [0.4, 0.5) is 4.79 Å². The Kier molecular flexibility index (Phi) is 4.36. The third-order valence-corrected chi connectivity index (χ3v) is 5.09. The highest BCUT2D eigenvalue weighted by Crippen LogP contribution is 2.36. The van der Waals surface area contributed by atoms with Gasteiger partial charge in [0.2, 0.25) is 0 Å². The average Bonchev–Trinajstić information content (AvgIpc) is 3.01. The molecule has 1 aliphatic carbocycles. The van der Waals surface area contributed by atoms with Crippen LogP contribution in [0.5, 0.6) is 0 Å². The molecule has 1 saturated heterocycles. The van der Waals surface area contributed by atoms with Gasteiger partial charge in [-0.2, -0.15) is 0 Å². The predicted octanol–water partition coefficient (Wildman–Crippen LogP) is 1.13. The van der Waals surface area contributed by atoms with Crippen LogP contribution >= 0.6 is 0 Å². The van der Waals surface area contributed by atoms with Crippen LogP contribution in [0.1, 0.15) is 37.8 Å². The number of benzene rings is 1. The first-order chi connectivity index (χ1) is 11.4. The van der Waals surface area contributed by atoms with E-state index in [9.17, 15) is 14.7 Å². The summed E-state index contributed by atoms with van der Waals surface area (Å²) in [5, 5.41) is 16.1. The number of hydrogen-bond donors (Lipinski definition) is 3. The first kappa shape index (κ1) is 16.9. The number of rotatable bonds is 6. The molecule has 6 nitrogen and oxygen atoms in total. The fourth-order valence-corrected chi connectivity index (χ4v) is 3.68. The summed E-state index contributed by atoms with van der Waals surface area (Å²) in [7, 11) is 0. The average molecular weight is 331 g/mol. The zero-order valence-electron chi connectivity index (χ0n) is 14.3. The quantitative estimate of drug-likeness (QED) is 0.539. The smallest absolute Gasteiger partial charge is 0.325 e. The molecular formula is C18H25N3O3. The molecule has 1 atom stereocenters. The Morgan fingerprint density at radius 3 is 2.71 bits per heavy atom. The fourth-order valence-electron chi connectivity index (χ4n) is 3.68. The van der Waals surface area contributed by atoms with Crippen molar-refractivity contribution in [2.24, 2.45) is 0 Å². The Morgan fingerprint density at radius 1 is 1.29 bits per heavy atom. The van der Waals surface area contributed by atoms with E-state index in [1.807, 2.05) is 12.1 Å². The SMILES string of the molecule is CC1(C)NC(=O)N(CCCNC2(CO)CCc3ccccc32)C1=O. The van der Waals surface area contributed by atoms with Crippen molar-refractivity contribution in [2.75, 3.05) is 19.7 Å². The molecule has 1 fully saturated rings. The van der Waals surface area contributed by atoms with Crippen LogP contribution < -0.4 is 10.6 Å². The van der Waals surface area contributed by atoms with Gasteiger partial charge in [0.15, 0.2) is 0 Å². The molecule has 0 bridgehead atoms. The van der Waals surface area contributed by atoms with Crippen LogP contribution in [0.25, 0.3) is 0 Å². The molecule has 0 radical (unpaired) electrons. The normalized spacial score (nSPS) is 25.0. The number of aliphatic hydroxyl groups excluding tert-OH is 1. The number of amides is 3. The molecular weight excluding hydrogens is 306 g/mol. The minimum absolute atomic E-state index is 0.0418. The van der Waals surface area contributed by atoms with Gasteiger partial charge >= 0.3 is 6.03 Å². The van der Waals surface area contributed by atoms with E-state index in [2.05, 4.69) is 22.8 Å². The van der Waals surface area contributed by atoms with E-state index < -0.39 is 11.1 Å². The maximum Gasteiger partial charge on any atom is 0.325 e. The summed E-state index contributed by atoms with van der Waals surface area (Å²) in [6, 6.07) is 7.85. The van der Waals surface area contributed by atoms with Crippen LogP contribution in [0.2, 0.25) is 0 Å². The molecule has 1 heterocycles. The molecule has 1 unspecified atom stereocenters. The van der Waals surface area contributed by atoms with E-state index in [1.165, 1.54) is 10.5 Å². The van der Waals surface area contributed by atoms with Gasteiger partial charge in [-0.3, -0.25) is 9.69 Å². The molecule has 1 aromatic rings. The Hall–Kier alpha value is -1.92. The zero-order valence-corrected chi connectivity index (χ0v) is 14.3. The van der Waals surface area contributed by atoms with E-state index in [0.29, 0.717) is 19.5 Å². The van der Waals surface area contributed by atoms with E-state index in [0.717, 1.165) is 18.4 Å². The highest BCUT2D eigenvalue weighted by molar-refractivity contribution is 6.06. The number of hydrogen-bond acceptors (Lipinski definition) is 4. The van der Waals surface area contributed by atoms with Gasteiger partial charge in [0.25, 0.3) is 5.91 Å². The van der Waals surface area contributed by atoms with Crippen LogP contribution in [0, 0.1) is 0 Å². The van der Waals surface area contributed by atoms with Gasteiger partial charge < -0.3 is 15.7 Å². The number of fused-ring (bicyclic) bond motifs is 1. The Labute approximate surface area is 142 Å². The Balaban J connectivity index is 1.57. The Morgan fingerprint density at radius 2 is 2.04 bits per heavy atom. The summed E-state index contributed by atoms with van der Waals surface area (Å²) in [5.74, 6) is -0.185. The number of carbonyl (C=O) groups is 2. The topological polar surface area (TPSA) is 81.7 Å². The summed E-state index contributed by atoms with van der Waals surface area (Å²) in [6.07, 6.45) is 2.46. The van der Waals surface area contributed by atoms with Gasteiger partial charge in [0.1, 0.15) is 5.54 Å². The molecule has 1 aromatic carbocycles. The van der Waals surface area contributed by atoms with Gasteiger partial charge in [-0.05, 0) is 50.8 Å². The second kappa shape index (κ2) is 6.18. The number of aryl methyl sites for hydroxylation is 1. The first-order valence-electron chi connectivity index (χ1n) is 8.48. The fraction of sp³-hybridized carbons (Fsp3) is 0.556. The molecule has 24 heavy (non-hydrogen) atoms. The largest absolute Gasteiger partial charge is 0.394 e. The van der Waals surface area contributed by atoms with E-state index in [1.54, 1.807) is 13.8 Å². The number of nitrogens with zero attached hydrogens (tertiary/aromatic N) is 1. The predicted molar refractivity (Wildman–Crippen MR) is 90.5 cm³/mol. The van der Waals surface area contributed by atoms with Crippen LogP contribution in [-0.4, -0.2) is 47.2 Å². The lowest BCUT2D eigenvalue weighted by Gasteiger charge is -2.30. The van der Waals surface area contributed by atoms with Gasteiger partial charge in [-0.1, -0.05) is 24.3 Å². The molecule has 1 aliphatic heterocycles. The highest BCUT2D eigenvalue weighted by Gasteiger charge is 2.44. The van der Waals surface area contributed by atoms with E-state index in [-0.39, 0.29) is 18.5 Å². The van der Waals surface area contributed by atoms with Crippen molar-refractivity contribution in [1.29, 1.82) is 0 Å². The van der Waals surface area contributed by atoms with Gasteiger partial charge in [0.05, 0.1) is 12.1 Å². The molecule has 0 aromatic heterocycles. The summed E-state index contributed by atoms with van der Waals surface area (Å²) in [5.41, 5.74) is 1.20. The standard InChI is InChI=1S/C18H25N3O3/c1-17(2)15(23)21(16(24)20-17)11-5-10-19-18(12-22)9-8-13-6-3-4-7-14(13)18/h3-4,6-7,19,22H,5,8-12H2,1-2H3,(H,20,24). The van der Waals surface area contributed by atoms with Crippen LogP contribution in [0.3, 0.4) is 0 Å². The second-order valence-electron chi connectivity index (χ2n) is 7.19. The molecule has 0 saturated carbocycles. The minimum atomic E-state index is -0.818. The van der Waals surface area contributed by atoms with E-state index >= 15 is 0 Å². The zero-order chi connectivity index (χ0) is 17.4. The first-order valence-corrected chi connectivity index (χ1v) is 8.48. The number of carbonyl (C=O) groups excluding carboxylic acids is 2. The molecule has 3 N–H and O–H groups in total. The maximum absolute atomic E-state index is 12.2. The maximum atomic E-state index is 12.2. The third kappa shape index (κ3) is 2.80. The summed E-state index contributed by atoms with van der Waals surface area (Å²) >= 11 is 0. The second-order valence-corrected chi connectivity index (χ2v) is 7.19. The lowest BCUT2D eigenvalue weighted by molar-refractivity contribution is -0.130. The Bertz CT molecular complexity index is 659. The number of urea groups is 1. The van der Waals surface area contributed by atoms with Crippen molar-refractivity contribution >= 4 is 11.9 Å². The number of aliphatic hydroxyl groups is 1. The van der Waals surface area contributed by atoms with Crippen molar-refractivity contribution in [3.05, 3.63) is 35.4 Å². The lowest BCUT2D eigenvalue weighted by atomic mass is 9.92. The number of imide groups is 1. The van der Waals surface area contributed by atoms with Crippen molar-refractivity contribution in [3.8, 4) is 0 Å². The van der Waals surface area contributed by atoms with E-state index in [4.69, 9.17) is 0 Å². The molecule has 6 heteroatoms. The third-order valence-electron chi connectivity index (χ3n) is 5.09. The van der Waals surface area contributed by atoms with Crippen molar-refractivity contribution in [3.63, 3.8) is 0 Å². The molecule has 130 valence electrons. The van der Waals surface area contributed by atoms with Gasteiger partial charge in [-0.15, -0.1) is 0 Å². The molecule has 3 amide bonds. The highest BCUT2D eigenvalue weighted by atomic mass is 16.3. The number of nitrogens with one attached hydrogen (secondary N) is 2. The lowest BCUT2D eigenvalue weighted by Crippen LogP contribution is -2.45. The van der Waals surface area contributed by atoms with Crippen LogP contribution in [0.15, 0.2) is 24.3 Å². The minimum Gasteiger partial charge on any atom is -0.394 e. The van der Waals surface area contributed by atoms with Crippen molar-refractivity contribution in [1.82, 2.24) is 15.5 Å².